The Balaban J connectivity index is 3.33. The van der Waals surface area contributed by atoms with Crippen molar-refractivity contribution in [1.82, 2.24) is 0 Å². The highest BCUT2D eigenvalue weighted by Crippen LogP contribution is 2.36. The molecule has 0 aromatic heterocycles. The number of aliphatic hydroxyl groups excluding tert-OH is 1. The number of methoxy groups -OCH3 is 1. The zero-order chi connectivity index (χ0) is 13.2. The molecule has 0 bridgehead atoms. The van der Waals surface area contributed by atoms with Crippen LogP contribution in [0.2, 0.25) is 0 Å². The van der Waals surface area contributed by atoms with E-state index in [4.69, 9.17) is 9.84 Å². The van der Waals surface area contributed by atoms with E-state index in [0.717, 1.165) is 5.56 Å². The molecule has 0 fully saturated rings. The molecule has 1 aromatic carbocycles. The van der Waals surface area contributed by atoms with E-state index in [1.165, 1.54) is 0 Å². The second kappa shape index (κ2) is 5.51. The first-order valence-corrected chi connectivity index (χ1v) is 5.96. The van der Waals surface area contributed by atoms with Gasteiger partial charge in [-0.05, 0) is 45.1 Å². The van der Waals surface area contributed by atoms with Crippen molar-refractivity contribution in [2.24, 2.45) is 0 Å². The molecule has 1 rings (SSSR count). The van der Waals surface area contributed by atoms with E-state index in [1.807, 2.05) is 13.8 Å². The molecule has 4 nitrogen and oxygen atoms in total. The molecular weight excluding hydrogens is 288 g/mol. The van der Waals surface area contributed by atoms with E-state index in [1.54, 1.807) is 19.2 Å². The average Bonchev–Trinajstić information content (AvgIpc) is 2.26. The molecule has 0 saturated carbocycles. The topological polar surface area (TPSA) is 66.8 Å². The summed E-state index contributed by atoms with van der Waals surface area (Å²) in [6.45, 7) is 3.95. The van der Waals surface area contributed by atoms with Crippen LogP contribution in [0.4, 0.5) is 0 Å². The summed E-state index contributed by atoms with van der Waals surface area (Å²) in [4.78, 5) is 10.8. The second-order valence-corrected chi connectivity index (χ2v) is 4.88. The molecule has 0 radical (unpaired) electrons. The van der Waals surface area contributed by atoms with Crippen molar-refractivity contribution >= 4 is 21.9 Å². The fourth-order valence-corrected chi connectivity index (χ4v) is 2.24. The molecule has 0 spiro atoms. The molecule has 0 aliphatic heterocycles. The molecule has 0 heterocycles. The van der Waals surface area contributed by atoms with Gasteiger partial charge in [-0.3, -0.25) is 0 Å². The SMILES string of the molecule is COc1c(Br)cc(C(O)C(=O)O)cc1C(C)C. The number of carbonyl (C=O) groups is 1. The minimum atomic E-state index is -1.52. The van der Waals surface area contributed by atoms with Crippen LogP contribution in [0.15, 0.2) is 16.6 Å². The lowest BCUT2D eigenvalue weighted by Crippen LogP contribution is -2.11. The highest BCUT2D eigenvalue weighted by Gasteiger charge is 2.20. The van der Waals surface area contributed by atoms with Gasteiger partial charge >= 0.3 is 5.97 Å². The standard InChI is InChI=1S/C12H15BrO4/c1-6(2)8-4-7(10(14)12(15)16)5-9(13)11(8)17-3/h4-6,10,14H,1-3H3,(H,15,16). The zero-order valence-electron chi connectivity index (χ0n) is 9.90. The smallest absolute Gasteiger partial charge is 0.337 e. The first-order valence-electron chi connectivity index (χ1n) is 5.16. The van der Waals surface area contributed by atoms with Crippen LogP contribution in [0.5, 0.6) is 5.75 Å². The molecule has 5 heteroatoms. The highest BCUT2D eigenvalue weighted by atomic mass is 79.9. The zero-order valence-corrected chi connectivity index (χ0v) is 11.5. The lowest BCUT2D eigenvalue weighted by Gasteiger charge is -2.16. The molecule has 17 heavy (non-hydrogen) atoms. The van der Waals surface area contributed by atoms with Gasteiger partial charge in [0.1, 0.15) is 5.75 Å². The van der Waals surface area contributed by atoms with E-state index in [9.17, 15) is 9.90 Å². The first kappa shape index (κ1) is 14.0. The summed E-state index contributed by atoms with van der Waals surface area (Å²) < 4.78 is 5.90. The Hall–Kier alpha value is -1.07. The van der Waals surface area contributed by atoms with Crippen molar-refractivity contribution in [3.05, 3.63) is 27.7 Å². The van der Waals surface area contributed by atoms with Crippen molar-refractivity contribution < 1.29 is 19.7 Å². The van der Waals surface area contributed by atoms with Crippen LogP contribution in [-0.4, -0.2) is 23.3 Å². The number of aliphatic hydroxyl groups is 1. The Morgan fingerprint density at radius 2 is 2.00 bits per heavy atom. The van der Waals surface area contributed by atoms with E-state index in [2.05, 4.69) is 15.9 Å². The summed E-state index contributed by atoms with van der Waals surface area (Å²) in [6, 6.07) is 3.22. The summed E-state index contributed by atoms with van der Waals surface area (Å²) in [7, 11) is 1.55. The van der Waals surface area contributed by atoms with Crippen LogP contribution in [0, 0.1) is 0 Å². The van der Waals surface area contributed by atoms with Crippen molar-refractivity contribution in [2.75, 3.05) is 7.11 Å². The minimum Gasteiger partial charge on any atom is -0.495 e. The van der Waals surface area contributed by atoms with Crippen LogP contribution in [0.25, 0.3) is 0 Å². The maximum atomic E-state index is 10.8. The normalized spacial score (nSPS) is 12.6. The Kier molecular flexibility index (Phi) is 4.54. The summed E-state index contributed by atoms with van der Waals surface area (Å²) in [6.07, 6.45) is -1.52. The monoisotopic (exact) mass is 302 g/mol. The van der Waals surface area contributed by atoms with Gasteiger partial charge in [0.2, 0.25) is 0 Å². The van der Waals surface area contributed by atoms with Gasteiger partial charge < -0.3 is 14.9 Å². The summed E-state index contributed by atoms with van der Waals surface area (Å²) in [5, 5.41) is 18.3. The lowest BCUT2D eigenvalue weighted by molar-refractivity contribution is -0.146. The predicted octanol–water partition coefficient (Wildman–Crippen LogP) is 2.70. The number of hydrogen-bond donors (Lipinski definition) is 2. The number of halogens is 1. The predicted molar refractivity (Wildman–Crippen MR) is 67.4 cm³/mol. The molecule has 0 amide bonds. The average molecular weight is 303 g/mol. The van der Waals surface area contributed by atoms with E-state index < -0.39 is 12.1 Å². The van der Waals surface area contributed by atoms with Crippen LogP contribution in [0.3, 0.4) is 0 Å². The van der Waals surface area contributed by atoms with Crippen LogP contribution < -0.4 is 4.74 Å². The summed E-state index contributed by atoms with van der Waals surface area (Å²) >= 11 is 3.31. The van der Waals surface area contributed by atoms with E-state index in [0.29, 0.717) is 15.8 Å². The van der Waals surface area contributed by atoms with Crippen molar-refractivity contribution in [1.29, 1.82) is 0 Å². The minimum absolute atomic E-state index is 0.169. The third kappa shape index (κ3) is 2.98. The van der Waals surface area contributed by atoms with E-state index >= 15 is 0 Å². The van der Waals surface area contributed by atoms with Gasteiger partial charge in [0.05, 0.1) is 11.6 Å². The molecular formula is C12H15BrO4. The van der Waals surface area contributed by atoms with Crippen molar-refractivity contribution in [2.45, 2.75) is 25.9 Å². The third-order valence-corrected chi connectivity index (χ3v) is 3.06. The Bertz CT molecular complexity index is 429. The second-order valence-electron chi connectivity index (χ2n) is 4.02. The molecule has 94 valence electrons. The fourth-order valence-electron chi connectivity index (χ4n) is 1.58. The number of hydrogen-bond acceptors (Lipinski definition) is 3. The van der Waals surface area contributed by atoms with Gasteiger partial charge in [-0.1, -0.05) is 13.8 Å². The number of benzene rings is 1. The van der Waals surface area contributed by atoms with Gasteiger partial charge in [-0.15, -0.1) is 0 Å². The fraction of sp³-hybridized carbons (Fsp3) is 0.417. The number of carboxylic acid groups (broad SMARTS) is 1. The molecule has 0 saturated heterocycles. The van der Waals surface area contributed by atoms with E-state index in [-0.39, 0.29) is 5.92 Å². The number of aliphatic carboxylic acids is 1. The maximum Gasteiger partial charge on any atom is 0.337 e. The molecule has 0 aliphatic rings. The van der Waals surface area contributed by atoms with Gasteiger partial charge in [0.25, 0.3) is 0 Å². The molecule has 1 aromatic rings. The molecule has 2 N–H and O–H groups in total. The molecule has 1 atom stereocenters. The maximum absolute atomic E-state index is 10.8. The molecule has 1 unspecified atom stereocenters. The van der Waals surface area contributed by atoms with Crippen molar-refractivity contribution in [3.8, 4) is 5.75 Å². The van der Waals surface area contributed by atoms with Crippen molar-refractivity contribution in [3.63, 3.8) is 0 Å². The summed E-state index contributed by atoms with van der Waals surface area (Å²) in [5.41, 5.74) is 1.20. The molecule has 0 aliphatic carbocycles. The third-order valence-electron chi connectivity index (χ3n) is 2.47. The first-order chi connectivity index (χ1) is 7.88. The Morgan fingerprint density at radius 3 is 2.41 bits per heavy atom. The van der Waals surface area contributed by atoms with Crippen LogP contribution >= 0.6 is 15.9 Å². The largest absolute Gasteiger partial charge is 0.495 e. The van der Waals surface area contributed by atoms with Gasteiger partial charge in [-0.25, -0.2) is 4.79 Å². The number of rotatable bonds is 4. The van der Waals surface area contributed by atoms with Gasteiger partial charge in [0.15, 0.2) is 6.10 Å². The van der Waals surface area contributed by atoms with Gasteiger partial charge in [0, 0.05) is 0 Å². The van der Waals surface area contributed by atoms with Gasteiger partial charge in [-0.2, -0.15) is 0 Å². The Labute approximate surface area is 108 Å². The summed E-state index contributed by atoms with van der Waals surface area (Å²) in [5.74, 6) is -0.430. The van der Waals surface area contributed by atoms with Crippen LogP contribution in [0.1, 0.15) is 37.0 Å². The lowest BCUT2D eigenvalue weighted by atomic mass is 9.97. The number of ether oxygens (including phenoxy) is 1. The Morgan fingerprint density at radius 1 is 1.41 bits per heavy atom. The van der Waals surface area contributed by atoms with Crippen LogP contribution in [-0.2, 0) is 4.79 Å². The highest BCUT2D eigenvalue weighted by molar-refractivity contribution is 9.10. The quantitative estimate of drug-likeness (QED) is 0.897. The number of carboxylic acids is 1.